The van der Waals surface area contributed by atoms with Crippen LogP contribution in [0, 0.1) is 0 Å². The Hall–Kier alpha value is -0.900. The van der Waals surface area contributed by atoms with Crippen molar-refractivity contribution >= 4 is 11.8 Å². The monoisotopic (exact) mass is 213 g/mol. The van der Waals surface area contributed by atoms with Crippen molar-refractivity contribution in [3.8, 4) is 0 Å². The number of rotatable bonds is 2. The van der Waals surface area contributed by atoms with Crippen molar-refractivity contribution in [3.05, 3.63) is 0 Å². The van der Waals surface area contributed by atoms with Gasteiger partial charge in [0.1, 0.15) is 11.4 Å². The van der Waals surface area contributed by atoms with Crippen LogP contribution in [0.1, 0.15) is 33.6 Å². The molecule has 0 amide bonds. The molecule has 1 aliphatic rings. The summed E-state index contributed by atoms with van der Waals surface area (Å²) in [5.74, 6) is 0.0762. The second-order valence-corrected chi connectivity index (χ2v) is 4.90. The van der Waals surface area contributed by atoms with E-state index in [1.54, 1.807) is 0 Å². The van der Waals surface area contributed by atoms with E-state index in [1.807, 2.05) is 25.7 Å². The SMILES string of the molecule is CC(C)(C)OC(=O)CN1CCC(=O)CC1. The lowest BCUT2D eigenvalue weighted by Gasteiger charge is -2.27. The largest absolute Gasteiger partial charge is 0.459 e. The Morgan fingerprint density at radius 2 is 1.87 bits per heavy atom. The second kappa shape index (κ2) is 4.75. The number of ether oxygens (including phenoxy) is 1. The van der Waals surface area contributed by atoms with Gasteiger partial charge in [-0.1, -0.05) is 0 Å². The summed E-state index contributed by atoms with van der Waals surface area (Å²) < 4.78 is 5.20. The first-order valence-corrected chi connectivity index (χ1v) is 5.33. The fraction of sp³-hybridized carbons (Fsp3) is 0.818. The first kappa shape index (κ1) is 12.2. The molecule has 1 aliphatic heterocycles. The molecule has 0 N–H and O–H groups in total. The van der Waals surface area contributed by atoms with Crippen LogP contribution in [0.25, 0.3) is 0 Å². The minimum Gasteiger partial charge on any atom is -0.459 e. The van der Waals surface area contributed by atoms with Crippen molar-refractivity contribution < 1.29 is 14.3 Å². The fourth-order valence-corrected chi connectivity index (χ4v) is 1.52. The van der Waals surface area contributed by atoms with Gasteiger partial charge in [-0.3, -0.25) is 14.5 Å². The molecular weight excluding hydrogens is 194 g/mol. The molecule has 0 radical (unpaired) electrons. The number of ketones is 1. The molecule has 4 nitrogen and oxygen atoms in total. The van der Waals surface area contributed by atoms with Crippen LogP contribution in [-0.2, 0) is 14.3 Å². The lowest BCUT2D eigenvalue weighted by Crippen LogP contribution is -2.39. The van der Waals surface area contributed by atoms with Crippen LogP contribution in [0.15, 0.2) is 0 Å². The molecule has 4 heteroatoms. The fourth-order valence-electron chi connectivity index (χ4n) is 1.52. The number of Topliss-reactive ketones (excluding diaryl/α,β-unsaturated/α-hetero) is 1. The van der Waals surface area contributed by atoms with Gasteiger partial charge in [0, 0.05) is 25.9 Å². The number of esters is 1. The van der Waals surface area contributed by atoms with Gasteiger partial charge in [-0.2, -0.15) is 0 Å². The van der Waals surface area contributed by atoms with E-state index in [-0.39, 0.29) is 11.8 Å². The summed E-state index contributed by atoms with van der Waals surface area (Å²) in [6.45, 7) is 7.21. The van der Waals surface area contributed by atoms with Crippen LogP contribution in [0.2, 0.25) is 0 Å². The minimum atomic E-state index is -0.428. The molecular formula is C11H19NO3. The van der Waals surface area contributed by atoms with Crippen LogP contribution in [0.4, 0.5) is 0 Å². The number of hydrogen-bond acceptors (Lipinski definition) is 4. The van der Waals surface area contributed by atoms with Gasteiger partial charge in [-0.15, -0.1) is 0 Å². The molecule has 86 valence electrons. The predicted octanol–water partition coefficient (Wildman–Crippen LogP) is 0.993. The molecule has 0 saturated carbocycles. The van der Waals surface area contributed by atoms with Crippen molar-refractivity contribution in [2.45, 2.75) is 39.2 Å². The molecule has 0 aromatic rings. The summed E-state index contributed by atoms with van der Waals surface area (Å²) in [5, 5.41) is 0. The zero-order valence-corrected chi connectivity index (χ0v) is 9.71. The third-order valence-corrected chi connectivity index (χ3v) is 2.19. The molecule has 0 aromatic carbocycles. The van der Waals surface area contributed by atoms with E-state index in [2.05, 4.69) is 0 Å². The summed E-state index contributed by atoms with van der Waals surface area (Å²) in [4.78, 5) is 24.4. The number of likely N-dealkylation sites (tertiary alicyclic amines) is 1. The summed E-state index contributed by atoms with van der Waals surface area (Å²) >= 11 is 0. The highest BCUT2D eigenvalue weighted by atomic mass is 16.6. The third kappa shape index (κ3) is 4.93. The molecule has 1 fully saturated rings. The molecule has 15 heavy (non-hydrogen) atoms. The zero-order chi connectivity index (χ0) is 11.5. The molecule has 0 spiro atoms. The van der Waals surface area contributed by atoms with E-state index in [4.69, 9.17) is 4.74 Å². The smallest absolute Gasteiger partial charge is 0.320 e. The Kier molecular flexibility index (Phi) is 3.85. The molecule has 0 aliphatic carbocycles. The Bertz CT molecular complexity index is 245. The van der Waals surface area contributed by atoms with Crippen molar-refractivity contribution in [2.24, 2.45) is 0 Å². The van der Waals surface area contributed by atoms with Gasteiger partial charge >= 0.3 is 5.97 Å². The second-order valence-electron chi connectivity index (χ2n) is 4.90. The van der Waals surface area contributed by atoms with E-state index >= 15 is 0 Å². The van der Waals surface area contributed by atoms with Crippen LogP contribution >= 0.6 is 0 Å². The number of carbonyl (C=O) groups is 2. The van der Waals surface area contributed by atoms with Crippen LogP contribution in [-0.4, -0.2) is 41.9 Å². The van der Waals surface area contributed by atoms with Gasteiger partial charge in [0.2, 0.25) is 0 Å². The number of piperidine rings is 1. The quantitative estimate of drug-likeness (QED) is 0.642. The van der Waals surface area contributed by atoms with E-state index in [0.717, 1.165) is 0 Å². The zero-order valence-electron chi connectivity index (χ0n) is 9.71. The molecule has 1 rings (SSSR count). The summed E-state index contributed by atoms with van der Waals surface area (Å²) in [5.41, 5.74) is -0.428. The normalized spacial score (nSPS) is 19.0. The lowest BCUT2D eigenvalue weighted by molar-refractivity contribution is -0.156. The Morgan fingerprint density at radius 3 is 2.33 bits per heavy atom. The van der Waals surface area contributed by atoms with Gasteiger partial charge < -0.3 is 4.74 Å². The van der Waals surface area contributed by atoms with Crippen LogP contribution in [0.3, 0.4) is 0 Å². The van der Waals surface area contributed by atoms with Crippen LogP contribution < -0.4 is 0 Å². The van der Waals surface area contributed by atoms with E-state index < -0.39 is 5.60 Å². The first-order valence-electron chi connectivity index (χ1n) is 5.33. The maximum Gasteiger partial charge on any atom is 0.320 e. The van der Waals surface area contributed by atoms with Gasteiger partial charge in [0.05, 0.1) is 6.54 Å². The average molecular weight is 213 g/mol. The van der Waals surface area contributed by atoms with Gasteiger partial charge in [0.25, 0.3) is 0 Å². The topological polar surface area (TPSA) is 46.6 Å². The predicted molar refractivity (Wildman–Crippen MR) is 56.5 cm³/mol. The van der Waals surface area contributed by atoms with Crippen molar-refractivity contribution in [1.29, 1.82) is 0 Å². The van der Waals surface area contributed by atoms with E-state index in [1.165, 1.54) is 0 Å². The molecule has 1 heterocycles. The summed E-state index contributed by atoms with van der Waals surface area (Å²) in [6, 6.07) is 0. The van der Waals surface area contributed by atoms with Gasteiger partial charge in [-0.05, 0) is 20.8 Å². The Balaban J connectivity index is 2.29. The Morgan fingerprint density at radius 1 is 1.33 bits per heavy atom. The van der Waals surface area contributed by atoms with Crippen LogP contribution in [0.5, 0.6) is 0 Å². The lowest BCUT2D eigenvalue weighted by atomic mass is 10.1. The highest BCUT2D eigenvalue weighted by Crippen LogP contribution is 2.09. The minimum absolute atomic E-state index is 0.211. The number of carbonyl (C=O) groups excluding carboxylic acids is 2. The summed E-state index contributed by atoms with van der Waals surface area (Å²) in [6.07, 6.45) is 1.12. The highest BCUT2D eigenvalue weighted by Gasteiger charge is 2.21. The van der Waals surface area contributed by atoms with E-state index in [9.17, 15) is 9.59 Å². The maximum atomic E-state index is 11.5. The standard InChI is InChI=1S/C11H19NO3/c1-11(2,3)15-10(14)8-12-6-4-9(13)5-7-12/h4-8H2,1-3H3. The average Bonchev–Trinajstić information content (AvgIpc) is 2.05. The molecule has 0 unspecified atom stereocenters. The molecule has 0 bridgehead atoms. The molecule has 1 saturated heterocycles. The molecule has 0 atom stereocenters. The third-order valence-electron chi connectivity index (χ3n) is 2.19. The first-order chi connectivity index (χ1) is 6.87. The highest BCUT2D eigenvalue weighted by molar-refractivity contribution is 5.80. The van der Waals surface area contributed by atoms with Gasteiger partial charge in [-0.25, -0.2) is 0 Å². The summed E-state index contributed by atoms with van der Waals surface area (Å²) in [7, 11) is 0. The van der Waals surface area contributed by atoms with E-state index in [0.29, 0.717) is 32.5 Å². The maximum absolute atomic E-state index is 11.5. The number of hydrogen-bond donors (Lipinski definition) is 0. The Labute approximate surface area is 90.6 Å². The van der Waals surface area contributed by atoms with Crippen molar-refractivity contribution in [1.82, 2.24) is 4.90 Å². The number of nitrogens with zero attached hydrogens (tertiary/aromatic N) is 1. The van der Waals surface area contributed by atoms with Crippen molar-refractivity contribution in [3.63, 3.8) is 0 Å². The van der Waals surface area contributed by atoms with Gasteiger partial charge in [0.15, 0.2) is 0 Å². The molecule has 0 aromatic heterocycles. The van der Waals surface area contributed by atoms with Crippen molar-refractivity contribution in [2.75, 3.05) is 19.6 Å².